The highest BCUT2D eigenvalue weighted by Gasteiger charge is 2.19. The van der Waals surface area contributed by atoms with Gasteiger partial charge in [0, 0.05) is 18.2 Å². The number of nitro benzene ring substituents is 1. The molecule has 0 unspecified atom stereocenters. The van der Waals surface area contributed by atoms with Gasteiger partial charge in [0.05, 0.1) is 4.92 Å². The van der Waals surface area contributed by atoms with Gasteiger partial charge in [-0.1, -0.05) is 0 Å². The second-order valence-electron chi connectivity index (χ2n) is 4.20. The molecule has 0 spiro atoms. The predicted octanol–water partition coefficient (Wildman–Crippen LogP) is 0.254. The summed E-state index contributed by atoms with van der Waals surface area (Å²) in [4.78, 5) is 26.2. The van der Waals surface area contributed by atoms with Crippen molar-refractivity contribution in [2.45, 2.75) is 6.42 Å². The Morgan fingerprint density at radius 3 is 2.90 bits per heavy atom. The van der Waals surface area contributed by atoms with Crippen molar-refractivity contribution in [1.82, 2.24) is 20.1 Å². The van der Waals surface area contributed by atoms with Crippen LogP contribution in [0, 0.1) is 10.1 Å². The van der Waals surface area contributed by atoms with E-state index < -0.39 is 4.92 Å². The lowest BCUT2D eigenvalue weighted by Gasteiger charge is -2.06. The molecule has 0 aliphatic carbocycles. The fraction of sp³-hybridized carbons (Fsp3) is 0.250. The van der Waals surface area contributed by atoms with Gasteiger partial charge in [0.15, 0.2) is 0 Å². The normalized spacial score (nSPS) is 10.3. The Kier molecular flexibility index (Phi) is 4.57. The number of carbonyl (C=O) groups is 1. The Morgan fingerprint density at radius 2 is 2.29 bits per heavy atom. The van der Waals surface area contributed by atoms with Crippen molar-refractivity contribution < 1.29 is 9.72 Å². The first-order chi connectivity index (χ1) is 10.1. The number of carbonyl (C=O) groups excluding carboxylic acids is 1. The van der Waals surface area contributed by atoms with Crippen LogP contribution >= 0.6 is 0 Å². The summed E-state index contributed by atoms with van der Waals surface area (Å²) in [6, 6.07) is 4.18. The summed E-state index contributed by atoms with van der Waals surface area (Å²) in [5, 5.41) is 17.6. The summed E-state index contributed by atoms with van der Waals surface area (Å²) < 4.78 is 1.27. The molecule has 21 heavy (non-hydrogen) atoms. The lowest BCUT2D eigenvalue weighted by molar-refractivity contribution is -0.384. The zero-order chi connectivity index (χ0) is 15.2. The Hall–Kier alpha value is -2.81. The van der Waals surface area contributed by atoms with Crippen molar-refractivity contribution in [3.05, 3.63) is 46.5 Å². The van der Waals surface area contributed by atoms with Gasteiger partial charge in [0.1, 0.15) is 18.3 Å². The third-order valence-electron chi connectivity index (χ3n) is 2.77. The van der Waals surface area contributed by atoms with Crippen LogP contribution in [-0.2, 0) is 0 Å². The predicted molar refractivity (Wildman–Crippen MR) is 74.0 cm³/mol. The second kappa shape index (κ2) is 6.57. The summed E-state index contributed by atoms with van der Waals surface area (Å²) in [6.07, 6.45) is 3.27. The van der Waals surface area contributed by atoms with E-state index in [-0.39, 0.29) is 22.8 Å². The zero-order valence-corrected chi connectivity index (χ0v) is 11.1. The standard InChI is InChI=1S/C12H14N6O3/c13-4-1-5-15-12(19)9-2-3-10(11(6-9)18(20)21)17-8-14-7-16-17/h2-3,6-8H,1,4-5,13H2,(H,15,19). The van der Waals surface area contributed by atoms with E-state index in [9.17, 15) is 14.9 Å². The van der Waals surface area contributed by atoms with E-state index in [1.165, 1.54) is 35.5 Å². The van der Waals surface area contributed by atoms with Gasteiger partial charge in [-0.05, 0) is 25.1 Å². The number of benzene rings is 1. The topological polar surface area (TPSA) is 129 Å². The molecule has 1 amide bonds. The van der Waals surface area contributed by atoms with E-state index in [1.807, 2.05) is 0 Å². The monoisotopic (exact) mass is 290 g/mol. The number of nitro groups is 1. The number of hydrogen-bond acceptors (Lipinski definition) is 6. The third-order valence-corrected chi connectivity index (χ3v) is 2.77. The average Bonchev–Trinajstić information content (AvgIpc) is 3.00. The quantitative estimate of drug-likeness (QED) is 0.446. The summed E-state index contributed by atoms with van der Waals surface area (Å²) in [5.74, 6) is -0.378. The largest absolute Gasteiger partial charge is 0.352 e. The first-order valence-electron chi connectivity index (χ1n) is 6.25. The summed E-state index contributed by atoms with van der Waals surface area (Å²) in [7, 11) is 0. The molecular weight excluding hydrogens is 276 g/mol. The highest BCUT2D eigenvalue weighted by atomic mass is 16.6. The fourth-order valence-corrected chi connectivity index (χ4v) is 1.74. The lowest BCUT2D eigenvalue weighted by Crippen LogP contribution is -2.26. The molecule has 9 nitrogen and oxygen atoms in total. The van der Waals surface area contributed by atoms with E-state index in [0.717, 1.165) is 0 Å². The molecule has 0 saturated heterocycles. The highest BCUT2D eigenvalue weighted by molar-refractivity contribution is 5.95. The maximum absolute atomic E-state index is 11.9. The minimum atomic E-state index is -0.562. The number of nitrogens with one attached hydrogen (secondary N) is 1. The maximum atomic E-state index is 11.9. The van der Waals surface area contributed by atoms with Gasteiger partial charge in [-0.15, -0.1) is 0 Å². The Balaban J connectivity index is 2.28. The molecule has 0 aliphatic rings. The molecule has 0 radical (unpaired) electrons. The fourth-order valence-electron chi connectivity index (χ4n) is 1.74. The van der Waals surface area contributed by atoms with Crippen molar-refractivity contribution in [3.63, 3.8) is 0 Å². The van der Waals surface area contributed by atoms with E-state index in [4.69, 9.17) is 5.73 Å². The third kappa shape index (κ3) is 3.39. The van der Waals surface area contributed by atoms with Crippen LogP contribution in [-0.4, -0.2) is 38.7 Å². The van der Waals surface area contributed by atoms with Crippen molar-refractivity contribution >= 4 is 11.6 Å². The SMILES string of the molecule is NCCCNC(=O)c1ccc(-n2cncn2)c([N+](=O)[O-])c1. The molecule has 0 aliphatic heterocycles. The van der Waals surface area contributed by atoms with E-state index in [2.05, 4.69) is 15.4 Å². The van der Waals surface area contributed by atoms with Gasteiger partial charge in [-0.25, -0.2) is 9.67 Å². The van der Waals surface area contributed by atoms with Crippen LogP contribution in [0.15, 0.2) is 30.9 Å². The molecule has 1 aromatic heterocycles. The summed E-state index contributed by atoms with van der Waals surface area (Å²) in [5.41, 5.74) is 5.58. The average molecular weight is 290 g/mol. The first kappa shape index (κ1) is 14.6. The Bertz CT molecular complexity index is 640. The molecule has 0 fully saturated rings. The molecule has 0 bridgehead atoms. The minimum Gasteiger partial charge on any atom is -0.352 e. The molecule has 0 atom stereocenters. The van der Waals surface area contributed by atoms with E-state index >= 15 is 0 Å². The number of rotatable bonds is 6. The van der Waals surface area contributed by atoms with Crippen LogP contribution in [0.1, 0.15) is 16.8 Å². The van der Waals surface area contributed by atoms with Crippen LogP contribution in [0.25, 0.3) is 5.69 Å². The van der Waals surface area contributed by atoms with E-state index in [1.54, 1.807) is 0 Å². The molecule has 110 valence electrons. The smallest absolute Gasteiger partial charge is 0.295 e. The van der Waals surface area contributed by atoms with Gasteiger partial charge in [0.2, 0.25) is 0 Å². The highest BCUT2D eigenvalue weighted by Crippen LogP contribution is 2.23. The number of amides is 1. The second-order valence-corrected chi connectivity index (χ2v) is 4.20. The van der Waals surface area contributed by atoms with Crippen LogP contribution in [0.3, 0.4) is 0 Å². The molecule has 2 rings (SSSR count). The van der Waals surface area contributed by atoms with Crippen molar-refractivity contribution in [1.29, 1.82) is 0 Å². The van der Waals surface area contributed by atoms with Crippen molar-refractivity contribution in [2.24, 2.45) is 5.73 Å². The number of hydrogen-bond donors (Lipinski definition) is 2. The van der Waals surface area contributed by atoms with Crippen molar-refractivity contribution in [2.75, 3.05) is 13.1 Å². The first-order valence-corrected chi connectivity index (χ1v) is 6.25. The number of nitrogens with two attached hydrogens (primary N) is 1. The Labute approximate surface area is 119 Å². The summed E-state index contributed by atoms with van der Waals surface area (Å²) >= 11 is 0. The molecule has 0 saturated carbocycles. The van der Waals surface area contributed by atoms with E-state index in [0.29, 0.717) is 19.5 Å². The maximum Gasteiger partial charge on any atom is 0.295 e. The van der Waals surface area contributed by atoms with Gasteiger partial charge in [0.25, 0.3) is 11.6 Å². The molecular formula is C12H14N6O3. The number of aromatic nitrogens is 3. The Morgan fingerprint density at radius 1 is 1.48 bits per heavy atom. The molecule has 1 heterocycles. The van der Waals surface area contributed by atoms with Gasteiger partial charge in [-0.2, -0.15) is 5.10 Å². The van der Waals surface area contributed by atoms with Crippen LogP contribution in [0.2, 0.25) is 0 Å². The van der Waals surface area contributed by atoms with Gasteiger partial charge in [-0.3, -0.25) is 14.9 Å². The van der Waals surface area contributed by atoms with Gasteiger partial charge >= 0.3 is 0 Å². The molecule has 1 aromatic carbocycles. The lowest BCUT2D eigenvalue weighted by atomic mass is 10.1. The molecule has 9 heteroatoms. The summed E-state index contributed by atoms with van der Waals surface area (Å²) in [6.45, 7) is 0.889. The molecule has 2 aromatic rings. The molecule has 3 N–H and O–H groups in total. The van der Waals surface area contributed by atoms with Crippen LogP contribution in [0.5, 0.6) is 0 Å². The van der Waals surface area contributed by atoms with Gasteiger partial charge < -0.3 is 11.1 Å². The van der Waals surface area contributed by atoms with Crippen LogP contribution in [0.4, 0.5) is 5.69 Å². The van der Waals surface area contributed by atoms with Crippen molar-refractivity contribution in [3.8, 4) is 5.69 Å². The zero-order valence-electron chi connectivity index (χ0n) is 11.1. The minimum absolute atomic E-state index is 0.211. The van der Waals surface area contributed by atoms with Crippen LogP contribution < -0.4 is 11.1 Å². The number of nitrogens with zero attached hydrogens (tertiary/aromatic N) is 4.